The quantitative estimate of drug-likeness (QED) is 0.845. The van der Waals surface area contributed by atoms with Crippen molar-refractivity contribution in [3.05, 3.63) is 53.7 Å². The lowest BCUT2D eigenvalue weighted by atomic mass is 10.1. The van der Waals surface area contributed by atoms with Crippen molar-refractivity contribution in [2.24, 2.45) is 0 Å². The van der Waals surface area contributed by atoms with Crippen molar-refractivity contribution < 1.29 is 13.5 Å². The fourth-order valence-electron chi connectivity index (χ4n) is 1.85. The van der Waals surface area contributed by atoms with Crippen LogP contribution < -0.4 is 5.32 Å². The summed E-state index contributed by atoms with van der Waals surface area (Å²) in [6.45, 7) is 3.97. The van der Waals surface area contributed by atoms with E-state index in [0.717, 1.165) is 11.3 Å². The molecule has 1 aromatic carbocycles. The molecule has 1 amide bonds. The van der Waals surface area contributed by atoms with Crippen molar-refractivity contribution in [1.82, 2.24) is 5.16 Å². The number of hydrogen-bond acceptors (Lipinski definition) is 4. The van der Waals surface area contributed by atoms with Gasteiger partial charge in [-0.25, -0.2) is 0 Å². The Morgan fingerprint density at radius 3 is 2.74 bits per heavy atom. The summed E-state index contributed by atoms with van der Waals surface area (Å²) < 4.78 is 16.9. The molecular weight excluding hydrogens is 312 g/mol. The molecule has 0 radical (unpaired) electrons. The number of carbonyl (C=O) groups is 1. The second-order valence-electron chi connectivity index (χ2n) is 5.38. The average Bonchev–Trinajstić information content (AvgIpc) is 2.97. The first-order valence-electron chi connectivity index (χ1n) is 7.37. The first-order valence-corrected chi connectivity index (χ1v) is 8.86. The van der Waals surface area contributed by atoms with Gasteiger partial charge in [0.05, 0.1) is 5.69 Å². The summed E-state index contributed by atoms with van der Waals surface area (Å²) in [4.78, 5) is 11.8. The highest BCUT2D eigenvalue weighted by molar-refractivity contribution is 7.85. The van der Waals surface area contributed by atoms with E-state index < -0.39 is 10.8 Å². The summed E-state index contributed by atoms with van der Waals surface area (Å²) in [5, 5.41) is 6.43. The number of rotatable bonds is 7. The lowest BCUT2D eigenvalue weighted by Crippen LogP contribution is -2.20. The minimum atomic E-state index is -1.26. The van der Waals surface area contributed by atoms with E-state index in [4.69, 9.17) is 4.52 Å². The van der Waals surface area contributed by atoms with E-state index in [2.05, 4.69) is 10.5 Å². The topological polar surface area (TPSA) is 72.2 Å². The highest BCUT2D eigenvalue weighted by Gasteiger charge is 2.12. The van der Waals surface area contributed by atoms with Crippen LogP contribution in [0.15, 0.2) is 47.0 Å². The van der Waals surface area contributed by atoms with E-state index in [0.29, 0.717) is 5.75 Å². The normalized spacial score (nSPS) is 12.7. The van der Waals surface area contributed by atoms with E-state index in [1.807, 2.05) is 56.3 Å². The first kappa shape index (κ1) is 17.1. The average molecular weight is 332 g/mol. The van der Waals surface area contributed by atoms with Crippen LogP contribution >= 0.6 is 0 Å². The molecule has 1 N–H and O–H groups in total. The van der Waals surface area contributed by atoms with E-state index in [-0.39, 0.29) is 23.5 Å². The first-order chi connectivity index (χ1) is 11.0. The third-order valence-corrected chi connectivity index (χ3v) is 4.22. The van der Waals surface area contributed by atoms with Gasteiger partial charge in [0.25, 0.3) is 0 Å². The van der Waals surface area contributed by atoms with Crippen LogP contribution in [0.25, 0.3) is 6.08 Å². The zero-order valence-electron chi connectivity index (χ0n) is 13.2. The van der Waals surface area contributed by atoms with Gasteiger partial charge in [0.2, 0.25) is 11.8 Å². The second-order valence-corrected chi connectivity index (χ2v) is 6.88. The van der Waals surface area contributed by atoms with E-state index in [1.165, 1.54) is 0 Å². The maximum Gasteiger partial charge on any atom is 0.239 e. The van der Waals surface area contributed by atoms with Gasteiger partial charge in [-0.2, -0.15) is 0 Å². The number of nitrogens with one attached hydrogen (secondary N) is 1. The van der Waals surface area contributed by atoms with Crippen molar-refractivity contribution >= 4 is 28.7 Å². The Labute approximate surface area is 138 Å². The Balaban J connectivity index is 1.78. The monoisotopic (exact) mass is 332 g/mol. The summed E-state index contributed by atoms with van der Waals surface area (Å²) in [6, 6.07) is 11.4. The molecule has 5 nitrogen and oxygen atoms in total. The smallest absolute Gasteiger partial charge is 0.239 e. The standard InChI is InChI=1S/C17H20N2O3S/c1-13(2)15-11-17(22-19-15)18-16(20)12-23(21)10-6-9-14-7-4-3-5-8-14/h3-9,11,13H,10,12H2,1-2H3,(H,18,20). The van der Waals surface area contributed by atoms with Crippen molar-refractivity contribution in [2.75, 3.05) is 16.8 Å². The fraction of sp³-hybridized carbons (Fsp3) is 0.294. The Morgan fingerprint density at radius 2 is 2.09 bits per heavy atom. The molecule has 0 bridgehead atoms. The lowest BCUT2D eigenvalue weighted by molar-refractivity contribution is -0.114. The van der Waals surface area contributed by atoms with Crippen LogP contribution in [-0.4, -0.2) is 26.8 Å². The molecule has 0 aliphatic rings. The SMILES string of the molecule is CC(C)c1cc(NC(=O)CS(=O)CC=Cc2ccccc2)on1. The Kier molecular flexibility index (Phi) is 6.29. The van der Waals surface area contributed by atoms with Crippen molar-refractivity contribution in [3.63, 3.8) is 0 Å². The number of hydrogen-bond donors (Lipinski definition) is 1. The summed E-state index contributed by atoms with van der Waals surface area (Å²) in [5.74, 6) is 0.423. The van der Waals surface area contributed by atoms with Gasteiger partial charge >= 0.3 is 0 Å². The molecule has 6 heteroatoms. The van der Waals surface area contributed by atoms with E-state index in [9.17, 15) is 9.00 Å². The zero-order valence-corrected chi connectivity index (χ0v) is 14.0. The number of nitrogens with zero attached hydrogens (tertiary/aromatic N) is 1. The van der Waals surface area contributed by atoms with Gasteiger partial charge in [0.1, 0.15) is 5.75 Å². The number of anilines is 1. The number of carbonyl (C=O) groups excluding carboxylic acids is 1. The predicted molar refractivity (Wildman–Crippen MR) is 92.6 cm³/mol. The van der Waals surface area contributed by atoms with E-state index in [1.54, 1.807) is 6.07 Å². The van der Waals surface area contributed by atoms with Gasteiger partial charge in [-0.1, -0.05) is 61.5 Å². The summed E-state index contributed by atoms with van der Waals surface area (Å²) in [6.07, 6.45) is 3.70. The fourth-order valence-corrected chi connectivity index (χ4v) is 2.65. The Bertz CT molecular complexity index is 693. The zero-order chi connectivity index (χ0) is 16.7. The summed E-state index contributed by atoms with van der Waals surface area (Å²) in [7, 11) is -1.26. The van der Waals surface area contributed by atoms with Crippen LogP contribution in [0.1, 0.15) is 31.0 Å². The summed E-state index contributed by atoms with van der Waals surface area (Å²) in [5.41, 5.74) is 1.81. The second kappa shape index (κ2) is 8.43. The molecule has 23 heavy (non-hydrogen) atoms. The minimum absolute atomic E-state index is 0.0726. The van der Waals surface area contributed by atoms with Gasteiger partial charge in [-0.3, -0.25) is 14.3 Å². The van der Waals surface area contributed by atoms with Gasteiger partial charge in [-0.15, -0.1) is 0 Å². The predicted octanol–water partition coefficient (Wildman–Crippen LogP) is 3.20. The van der Waals surface area contributed by atoms with Crippen molar-refractivity contribution in [3.8, 4) is 0 Å². The van der Waals surface area contributed by atoms with Gasteiger partial charge < -0.3 is 4.52 Å². The molecule has 0 saturated carbocycles. The van der Waals surface area contributed by atoms with Gasteiger partial charge in [0, 0.05) is 22.6 Å². The van der Waals surface area contributed by atoms with Gasteiger partial charge in [-0.05, 0) is 11.5 Å². The van der Waals surface area contributed by atoms with Crippen LogP contribution in [0.3, 0.4) is 0 Å². The highest BCUT2D eigenvalue weighted by Crippen LogP contribution is 2.17. The number of amides is 1. The molecule has 1 unspecified atom stereocenters. The molecule has 0 aliphatic heterocycles. The summed E-state index contributed by atoms with van der Waals surface area (Å²) >= 11 is 0. The third kappa shape index (κ3) is 5.83. The van der Waals surface area contributed by atoms with Crippen LogP contribution in [0.4, 0.5) is 5.88 Å². The molecule has 1 heterocycles. The third-order valence-electron chi connectivity index (χ3n) is 3.07. The molecule has 0 saturated heterocycles. The largest absolute Gasteiger partial charge is 0.338 e. The molecule has 0 aliphatic carbocycles. The van der Waals surface area contributed by atoms with E-state index >= 15 is 0 Å². The molecule has 1 aromatic heterocycles. The number of benzene rings is 1. The van der Waals surface area contributed by atoms with Gasteiger partial charge in [0.15, 0.2) is 0 Å². The molecule has 2 rings (SSSR count). The Hall–Kier alpha value is -2.21. The molecule has 2 aromatic rings. The highest BCUT2D eigenvalue weighted by atomic mass is 32.2. The Morgan fingerprint density at radius 1 is 1.35 bits per heavy atom. The maximum atomic E-state index is 11.9. The van der Waals surface area contributed by atoms with Crippen molar-refractivity contribution in [2.45, 2.75) is 19.8 Å². The molecule has 1 atom stereocenters. The minimum Gasteiger partial charge on any atom is -0.338 e. The van der Waals surface area contributed by atoms with Crippen LogP contribution in [-0.2, 0) is 15.6 Å². The van der Waals surface area contributed by atoms with Crippen molar-refractivity contribution in [1.29, 1.82) is 0 Å². The van der Waals surface area contributed by atoms with Crippen LogP contribution in [0.5, 0.6) is 0 Å². The number of aromatic nitrogens is 1. The molecule has 0 spiro atoms. The lowest BCUT2D eigenvalue weighted by Gasteiger charge is -2.00. The molecule has 122 valence electrons. The molecule has 0 fully saturated rings. The maximum absolute atomic E-state index is 11.9. The van der Waals surface area contributed by atoms with Crippen LogP contribution in [0.2, 0.25) is 0 Å². The van der Waals surface area contributed by atoms with Crippen LogP contribution in [0, 0.1) is 0 Å². The molecular formula is C17H20N2O3S.